The van der Waals surface area contributed by atoms with Gasteiger partial charge >= 0.3 is 5.97 Å². The van der Waals surface area contributed by atoms with Gasteiger partial charge in [0.1, 0.15) is 5.70 Å². The summed E-state index contributed by atoms with van der Waals surface area (Å²) in [5, 5.41) is 5.51. The fraction of sp³-hybridized carbons (Fsp3) is 0.115. The Kier molecular flexibility index (Phi) is 7.96. The molecule has 0 atom stereocenters. The Labute approximate surface area is 192 Å². The maximum absolute atomic E-state index is 13.0. The van der Waals surface area contributed by atoms with Gasteiger partial charge in [-0.2, -0.15) is 0 Å². The molecule has 3 aromatic rings. The first-order valence-electron chi connectivity index (χ1n) is 10.2. The molecule has 7 heteroatoms. The summed E-state index contributed by atoms with van der Waals surface area (Å²) in [6, 6.07) is 22.9. The molecule has 3 rings (SSSR count). The summed E-state index contributed by atoms with van der Waals surface area (Å²) < 4.78 is 10.4. The lowest BCUT2D eigenvalue weighted by Crippen LogP contribution is -2.34. The van der Waals surface area contributed by atoms with Gasteiger partial charge in [-0.25, -0.2) is 0 Å². The van der Waals surface area contributed by atoms with Crippen LogP contribution >= 0.6 is 0 Å². The fourth-order valence-electron chi connectivity index (χ4n) is 3.00. The summed E-state index contributed by atoms with van der Waals surface area (Å²) in [5.74, 6) is -0.776. The van der Waals surface area contributed by atoms with Crippen molar-refractivity contribution < 1.29 is 23.9 Å². The van der Waals surface area contributed by atoms with Gasteiger partial charge in [-0.05, 0) is 41.5 Å². The minimum Gasteiger partial charge on any atom is -0.493 e. The highest BCUT2D eigenvalue weighted by Gasteiger charge is 2.15. The first-order chi connectivity index (χ1) is 16.0. The Morgan fingerprint density at radius 1 is 0.879 bits per heavy atom. The molecule has 0 heterocycles. The third-order valence-corrected chi connectivity index (χ3v) is 4.58. The third-order valence-electron chi connectivity index (χ3n) is 4.58. The summed E-state index contributed by atoms with van der Waals surface area (Å²) in [7, 11) is 1.44. The van der Waals surface area contributed by atoms with Crippen molar-refractivity contribution in [3.8, 4) is 11.5 Å². The van der Waals surface area contributed by atoms with Gasteiger partial charge in [0.25, 0.3) is 11.8 Å². The molecular weight excluding hydrogens is 420 g/mol. The highest BCUT2D eigenvalue weighted by atomic mass is 16.6. The van der Waals surface area contributed by atoms with E-state index in [0.29, 0.717) is 23.4 Å². The van der Waals surface area contributed by atoms with Gasteiger partial charge in [0, 0.05) is 19.0 Å². The van der Waals surface area contributed by atoms with Crippen molar-refractivity contribution in [3.05, 3.63) is 101 Å². The van der Waals surface area contributed by atoms with Crippen molar-refractivity contribution >= 4 is 23.9 Å². The molecule has 33 heavy (non-hydrogen) atoms. The molecule has 0 aromatic heterocycles. The normalized spacial score (nSPS) is 10.8. The number of ether oxygens (including phenoxy) is 2. The average Bonchev–Trinajstić information content (AvgIpc) is 2.83. The van der Waals surface area contributed by atoms with E-state index in [-0.39, 0.29) is 11.4 Å². The first kappa shape index (κ1) is 23.3. The minimum atomic E-state index is -0.479. The molecule has 3 aromatic carbocycles. The monoisotopic (exact) mass is 444 g/mol. The number of nitrogens with one attached hydrogen (secondary N) is 2. The Balaban J connectivity index is 1.88. The molecular formula is C26H24N2O5. The quantitative estimate of drug-likeness (QED) is 0.314. The summed E-state index contributed by atoms with van der Waals surface area (Å²) >= 11 is 0. The van der Waals surface area contributed by atoms with Crippen molar-refractivity contribution in [2.24, 2.45) is 0 Å². The molecule has 0 saturated heterocycles. The van der Waals surface area contributed by atoms with Crippen molar-refractivity contribution in [2.75, 3.05) is 7.11 Å². The molecule has 0 spiro atoms. The van der Waals surface area contributed by atoms with Gasteiger partial charge in [0.15, 0.2) is 11.5 Å². The second-order valence-corrected chi connectivity index (χ2v) is 7.05. The van der Waals surface area contributed by atoms with E-state index in [9.17, 15) is 14.4 Å². The molecule has 0 unspecified atom stereocenters. The molecule has 0 radical (unpaired) electrons. The van der Waals surface area contributed by atoms with E-state index < -0.39 is 17.8 Å². The average molecular weight is 444 g/mol. The molecule has 0 saturated carbocycles. The number of carbonyl (C=O) groups is 3. The van der Waals surface area contributed by atoms with Gasteiger partial charge < -0.3 is 20.1 Å². The molecule has 0 fully saturated rings. The lowest BCUT2D eigenvalue weighted by Gasteiger charge is -2.12. The van der Waals surface area contributed by atoms with Crippen LogP contribution in [0.1, 0.15) is 28.4 Å². The number of carbonyl (C=O) groups excluding carboxylic acids is 3. The molecule has 0 aliphatic heterocycles. The van der Waals surface area contributed by atoms with Gasteiger partial charge in [-0.1, -0.05) is 54.6 Å². The van der Waals surface area contributed by atoms with Crippen LogP contribution < -0.4 is 20.1 Å². The molecule has 168 valence electrons. The van der Waals surface area contributed by atoms with Crippen molar-refractivity contribution in [2.45, 2.75) is 13.5 Å². The van der Waals surface area contributed by atoms with E-state index in [4.69, 9.17) is 9.47 Å². The number of rotatable bonds is 8. The second kappa shape index (κ2) is 11.3. The molecule has 2 N–H and O–H groups in total. The Bertz CT molecular complexity index is 1160. The number of benzene rings is 3. The number of esters is 1. The molecule has 0 bridgehead atoms. The van der Waals surface area contributed by atoms with E-state index in [2.05, 4.69) is 10.6 Å². The van der Waals surface area contributed by atoms with E-state index in [0.717, 1.165) is 5.56 Å². The number of amides is 2. The highest BCUT2D eigenvalue weighted by molar-refractivity contribution is 6.05. The van der Waals surface area contributed by atoms with Crippen LogP contribution in [0.3, 0.4) is 0 Å². The standard InChI is InChI=1S/C26H24N2O5/c1-18(29)33-23-14-13-20(16-24(23)32-2)15-22(28-25(30)21-11-7-4-8-12-21)26(31)27-17-19-9-5-3-6-10-19/h3-16H,17H2,1-2H3,(H,27,31)(H,28,30). The van der Waals surface area contributed by atoms with E-state index in [1.54, 1.807) is 48.5 Å². The van der Waals surface area contributed by atoms with Gasteiger partial charge in [-0.15, -0.1) is 0 Å². The molecule has 2 amide bonds. The van der Waals surface area contributed by atoms with Crippen LogP contribution in [0.15, 0.2) is 84.6 Å². The predicted molar refractivity (Wildman–Crippen MR) is 124 cm³/mol. The largest absolute Gasteiger partial charge is 0.493 e. The zero-order valence-corrected chi connectivity index (χ0v) is 18.3. The van der Waals surface area contributed by atoms with E-state index in [1.807, 2.05) is 30.3 Å². The maximum atomic E-state index is 13.0. The second-order valence-electron chi connectivity index (χ2n) is 7.05. The summed E-state index contributed by atoms with van der Waals surface area (Å²) in [6.07, 6.45) is 1.53. The topological polar surface area (TPSA) is 93.7 Å². The molecule has 7 nitrogen and oxygen atoms in total. The zero-order chi connectivity index (χ0) is 23.6. The summed E-state index contributed by atoms with van der Waals surface area (Å²) in [6.45, 7) is 1.59. The van der Waals surface area contributed by atoms with E-state index >= 15 is 0 Å². The van der Waals surface area contributed by atoms with Crippen LogP contribution in [-0.2, 0) is 16.1 Å². The summed E-state index contributed by atoms with van der Waals surface area (Å²) in [4.78, 5) is 37.0. The van der Waals surface area contributed by atoms with Gasteiger partial charge in [0.05, 0.1) is 7.11 Å². The van der Waals surface area contributed by atoms with E-state index in [1.165, 1.54) is 20.1 Å². The third kappa shape index (κ3) is 6.80. The molecule has 0 aliphatic carbocycles. The zero-order valence-electron chi connectivity index (χ0n) is 18.3. The van der Waals surface area contributed by atoms with Crippen molar-refractivity contribution in [1.29, 1.82) is 0 Å². The van der Waals surface area contributed by atoms with Crippen molar-refractivity contribution in [1.82, 2.24) is 10.6 Å². The van der Waals surface area contributed by atoms with Crippen LogP contribution in [0.2, 0.25) is 0 Å². The van der Waals surface area contributed by atoms with Crippen LogP contribution in [0.4, 0.5) is 0 Å². The van der Waals surface area contributed by atoms with Gasteiger partial charge in [0.2, 0.25) is 0 Å². The van der Waals surface area contributed by atoms with Crippen molar-refractivity contribution in [3.63, 3.8) is 0 Å². The highest BCUT2D eigenvalue weighted by Crippen LogP contribution is 2.29. The lowest BCUT2D eigenvalue weighted by atomic mass is 10.1. The Morgan fingerprint density at radius 3 is 2.18 bits per heavy atom. The number of methoxy groups -OCH3 is 1. The minimum absolute atomic E-state index is 0.0575. The SMILES string of the molecule is COc1cc(C=C(NC(=O)c2ccccc2)C(=O)NCc2ccccc2)ccc1OC(C)=O. The summed E-state index contributed by atoms with van der Waals surface area (Å²) in [5.41, 5.74) is 1.97. The van der Waals surface area contributed by atoms with Gasteiger partial charge in [-0.3, -0.25) is 14.4 Å². The Morgan fingerprint density at radius 2 is 1.55 bits per heavy atom. The molecule has 0 aliphatic rings. The fourth-order valence-corrected chi connectivity index (χ4v) is 3.00. The van der Waals surface area contributed by atoms with Crippen LogP contribution in [-0.4, -0.2) is 24.9 Å². The lowest BCUT2D eigenvalue weighted by molar-refractivity contribution is -0.132. The predicted octanol–water partition coefficient (Wildman–Crippen LogP) is 3.71. The number of hydrogen-bond donors (Lipinski definition) is 2. The maximum Gasteiger partial charge on any atom is 0.308 e. The Hall–Kier alpha value is -4.39. The van der Waals surface area contributed by atoms with Crippen LogP contribution in [0.25, 0.3) is 6.08 Å². The first-order valence-corrected chi connectivity index (χ1v) is 10.2. The smallest absolute Gasteiger partial charge is 0.308 e. The number of hydrogen-bond acceptors (Lipinski definition) is 5. The van der Waals surface area contributed by atoms with Crippen LogP contribution in [0.5, 0.6) is 11.5 Å². The van der Waals surface area contributed by atoms with Crippen LogP contribution in [0, 0.1) is 0 Å².